The molecule has 8 heavy (non-hydrogen) atoms. The van der Waals surface area contributed by atoms with Crippen LogP contribution in [0.3, 0.4) is 0 Å². The Hall–Kier alpha value is -0.520. The zero-order chi connectivity index (χ0) is 5.82. The minimum absolute atomic E-state index is 1.14. The van der Waals surface area contributed by atoms with E-state index in [2.05, 4.69) is 12.7 Å². The molecule has 0 bridgehead atoms. The molecule has 1 aliphatic rings. The molecule has 0 heterocycles. The van der Waals surface area contributed by atoms with E-state index in [0.717, 1.165) is 6.42 Å². The first-order valence-corrected chi connectivity index (χ1v) is 3.15. The molecule has 1 radical (unpaired) electrons. The summed E-state index contributed by atoms with van der Waals surface area (Å²) in [6.45, 7) is 3.68. The second-order valence-corrected chi connectivity index (χ2v) is 2.11. The molecule has 0 fully saturated rings. The number of rotatable bonds is 1. The Bertz CT molecular complexity index is 109. The predicted octanol–water partition coefficient (Wildman–Crippen LogP) is 2.48. The van der Waals surface area contributed by atoms with Crippen molar-refractivity contribution in [3.63, 3.8) is 0 Å². The van der Waals surface area contributed by atoms with E-state index in [4.69, 9.17) is 0 Å². The maximum absolute atomic E-state index is 3.68. The molecule has 0 spiro atoms. The third kappa shape index (κ3) is 1.22. The van der Waals surface area contributed by atoms with Gasteiger partial charge in [0.25, 0.3) is 0 Å². The molecule has 0 unspecified atom stereocenters. The van der Waals surface area contributed by atoms with E-state index >= 15 is 0 Å². The molecule has 0 atom stereocenters. The van der Waals surface area contributed by atoms with Crippen LogP contribution in [0.5, 0.6) is 0 Å². The Balaban J connectivity index is 2.49. The molecule has 0 aromatic rings. The normalized spacial score (nSPS) is 19.8. The first kappa shape index (κ1) is 5.61. The molecule has 0 saturated carbocycles. The third-order valence-corrected chi connectivity index (χ3v) is 1.47. The smallest absolute Gasteiger partial charge is 0.0273 e. The fourth-order valence-electron chi connectivity index (χ4n) is 0.952. The van der Waals surface area contributed by atoms with Gasteiger partial charge in [-0.15, -0.1) is 0 Å². The van der Waals surface area contributed by atoms with Gasteiger partial charge in [-0.05, 0) is 37.3 Å². The zero-order valence-electron chi connectivity index (χ0n) is 5.11. The summed E-state index contributed by atoms with van der Waals surface area (Å²) in [5, 5.41) is 0. The van der Waals surface area contributed by atoms with Gasteiger partial charge in [0.2, 0.25) is 0 Å². The van der Waals surface area contributed by atoms with Crippen molar-refractivity contribution in [1.29, 1.82) is 0 Å². The van der Waals surface area contributed by atoms with E-state index in [0.29, 0.717) is 0 Å². The van der Waals surface area contributed by atoms with Crippen molar-refractivity contribution in [2.75, 3.05) is 0 Å². The van der Waals surface area contributed by atoms with E-state index in [1.165, 1.54) is 24.8 Å². The highest BCUT2D eigenvalue weighted by Gasteiger charge is 1.97. The molecule has 1 rings (SSSR count). The topological polar surface area (TPSA) is 0 Å². The number of hydrogen-bond acceptors (Lipinski definition) is 0. The summed E-state index contributed by atoms with van der Waals surface area (Å²) in [7, 11) is 0. The Morgan fingerprint density at radius 1 is 1.50 bits per heavy atom. The van der Waals surface area contributed by atoms with Gasteiger partial charge in [-0.3, -0.25) is 0 Å². The van der Waals surface area contributed by atoms with Crippen molar-refractivity contribution in [3.8, 4) is 0 Å². The molecule has 0 heteroatoms. The van der Waals surface area contributed by atoms with Crippen LogP contribution >= 0.6 is 0 Å². The van der Waals surface area contributed by atoms with Gasteiger partial charge in [0, 0.05) is 0 Å². The van der Waals surface area contributed by atoms with E-state index < -0.39 is 0 Å². The van der Waals surface area contributed by atoms with Gasteiger partial charge in [-0.1, -0.05) is 12.7 Å². The first-order chi connectivity index (χ1) is 3.93. The van der Waals surface area contributed by atoms with Gasteiger partial charge < -0.3 is 0 Å². The zero-order valence-corrected chi connectivity index (χ0v) is 5.11. The summed E-state index contributed by atoms with van der Waals surface area (Å²) >= 11 is 0. The lowest BCUT2D eigenvalue weighted by molar-refractivity contribution is 0.700. The van der Waals surface area contributed by atoms with Crippen molar-refractivity contribution in [1.82, 2.24) is 0 Å². The summed E-state index contributed by atoms with van der Waals surface area (Å²) in [6, 6.07) is 0. The SMILES string of the molecule is C=CC1=[C]CCCC1. The Labute approximate surface area is 50.9 Å². The van der Waals surface area contributed by atoms with Gasteiger partial charge in [0.15, 0.2) is 0 Å². The van der Waals surface area contributed by atoms with Crippen LogP contribution in [-0.4, -0.2) is 0 Å². The van der Waals surface area contributed by atoms with Gasteiger partial charge in [-0.2, -0.15) is 0 Å². The largest absolute Gasteiger partial charge is 0.0988 e. The highest BCUT2D eigenvalue weighted by atomic mass is 14.0. The quantitative estimate of drug-likeness (QED) is 0.483. The second kappa shape index (κ2) is 2.71. The van der Waals surface area contributed by atoms with Crippen molar-refractivity contribution < 1.29 is 0 Å². The van der Waals surface area contributed by atoms with Crippen LogP contribution in [0, 0.1) is 6.08 Å². The molecule has 0 N–H and O–H groups in total. The van der Waals surface area contributed by atoms with Crippen LogP contribution in [0.2, 0.25) is 0 Å². The molecule has 0 aromatic carbocycles. The molecule has 43 valence electrons. The maximum Gasteiger partial charge on any atom is -0.0273 e. The van der Waals surface area contributed by atoms with E-state index in [9.17, 15) is 0 Å². The Morgan fingerprint density at radius 3 is 2.75 bits per heavy atom. The summed E-state index contributed by atoms with van der Waals surface area (Å²) in [5.41, 5.74) is 1.32. The molecule has 0 amide bonds. The fourth-order valence-corrected chi connectivity index (χ4v) is 0.952. The molecule has 0 aromatic heterocycles. The highest BCUT2D eigenvalue weighted by molar-refractivity contribution is 5.13. The van der Waals surface area contributed by atoms with Gasteiger partial charge in [0.05, 0.1) is 0 Å². The van der Waals surface area contributed by atoms with Crippen LogP contribution in [0.25, 0.3) is 0 Å². The van der Waals surface area contributed by atoms with E-state index in [-0.39, 0.29) is 0 Å². The first-order valence-electron chi connectivity index (χ1n) is 3.15. The molecular weight excluding hydrogens is 96.1 g/mol. The lowest BCUT2D eigenvalue weighted by Gasteiger charge is -2.05. The number of hydrogen-bond donors (Lipinski definition) is 0. The minimum Gasteiger partial charge on any atom is -0.0988 e. The lowest BCUT2D eigenvalue weighted by atomic mass is 10.0. The third-order valence-electron chi connectivity index (χ3n) is 1.47. The Morgan fingerprint density at radius 2 is 2.38 bits per heavy atom. The van der Waals surface area contributed by atoms with Gasteiger partial charge >= 0.3 is 0 Å². The lowest BCUT2D eigenvalue weighted by Crippen LogP contribution is -1.87. The van der Waals surface area contributed by atoms with Crippen LogP contribution in [0.4, 0.5) is 0 Å². The molecule has 1 aliphatic carbocycles. The van der Waals surface area contributed by atoms with Crippen LogP contribution in [0.1, 0.15) is 25.7 Å². The average Bonchev–Trinajstić information content (AvgIpc) is 1.90. The Kier molecular flexibility index (Phi) is 1.90. The van der Waals surface area contributed by atoms with Crippen LogP contribution in [-0.2, 0) is 0 Å². The summed E-state index contributed by atoms with van der Waals surface area (Å²) in [6.07, 6.45) is 10.2. The average molecular weight is 107 g/mol. The molecule has 0 saturated heterocycles. The van der Waals surface area contributed by atoms with Gasteiger partial charge in [-0.25, -0.2) is 0 Å². The van der Waals surface area contributed by atoms with Crippen molar-refractivity contribution >= 4 is 0 Å². The highest BCUT2D eigenvalue weighted by Crippen LogP contribution is 2.16. The molecule has 0 aliphatic heterocycles. The van der Waals surface area contributed by atoms with Crippen molar-refractivity contribution in [2.45, 2.75) is 25.7 Å². The standard InChI is InChI=1S/C8H11/c1-2-8-6-4-3-5-7-8/h2H,1,3-6H2. The summed E-state index contributed by atoms with van der Waals surface area (Å²) in [5.74, 6) is 0. The van der Waals surface area contributed by atoms with Crippen molar-refractivity contribution in [2.24, 2.45) is 0 Å². The van der Waals surface area contributed by atoms with E-state index in [1.54, 1.807) is 0 Å². The maximum atomic E-state index is 3.68. The van der Waals surface area contributed by atoms with Crippen LogP contribution < -0.4 is 0 Å². The van der Waals surface area contributed by atoms with E-state index in [1.807, 2.05) is 6.08 Å². The summed E-state index contributed by atoms with van der Waals surface area (Å²) in [4.78, 5) is 0. The monoisotopic (exact) mass is 107 g/mol. The van der Waals surface area contributed by atoms with Crippen molar-refractivity contribution in [3.05, 3.63) is 24.3 Å². The van der Waals surface area contributed by atoms with Crippen LogP contribution in [0.15, 0.2) is 18.2 Å². The molecular formula is C8H11. The summed E-state index contributed by atoms with van der Waals surface area (Å²) < 4.78 is 0. The predicted molar refractivity (Wildman–Crippen MR) is 35.4 cm³/mol. The fraction of sp³-hybridized carbons (Fsp3) is 0.500. The minimum atomic E-state index is 1.14. The van der Waals surface area contributed by atoms with Gasteiger partial charge in [0.1, 0.15) is 0 Å². The molecule has 0 nitrogen and oxygen atoms in total. The number of allylic oxidation sites excluding steroid dienone is 3. The second-order valence-electron chi connectivity index (χ2n) is 2.11.